The lowest BCUT2D eigenvalue weighted by molar-refractivity contribution is 0.476. The number of anilines is 1. The Morgan fingerprint density at radius 1 is 1.14 bits per heavy atom. The zero-order valence-corrected chi connectivity index (χ0v) is 13.2. The Balaban J connectivity index is 1.52. The van der Waals surface area contributed by atoms with E-state index in [4.69, 9.17) is 0 Å². The highest BCUT2D eigenvalue weighted by Gasteiger charge is 2.27. The summed E-state index contributed by atoms with van der Waals surface area (Å²) < 4.78 is 27.4. The number of nitrogens with one attached hydrogen (secondary N) is 2. The van der Waals surface area contributed by atoms with Crippen LogP contribution < -0.4 is 10.0 Å². The maximum absolute atomic E-state index is 12.3. The lowest BCUT2D eigenvalue weighted by Gasteiger charge is -2.22. The molecule has 1 fully saturated rings. The highest BCUT2D eigenvalue weighted by Crippen LogP contribution is 2.33. The van der Waals surface area contributed by atoms with Crippen LogP contribution >= 0.6 is 0 Å². The van der Waals surface area contributed by atoms with Crippen LogP contribution in [0.25, 0.3) is 0 Å². The number of rotatable bonds is 5. The summed E-state index contributed by atoms with van der Waals surface area (Å²) in [4.78, 5) is 0. The van der Waals surface area contributed by atoms with E-state index in [1.165, 1.54) is 17.7 Å². The van der Waals surface area contributed by atoms with Gasteiger partial charge in [0.05, 0.1) is 5.25 Å². The Bertz CT molecular complexity index is 580. The van der Waals surface area contributed by atoms with Gasteiger partial charge in [-0.15, -0.1) is 0 Å². The predicted octanol–water partition coefficient (Wildman–Crippen LogP) is 2.84. The largest absolute Gasteiger partial charge is 0.384 e. The fraction of sp³-hybridized carbons (Fsp3) is 0.625. The summed E-state index contributed by atoms with van der Waals surface area (Å²) in [6.07, 6.45) is 5.77. The molecule has 1 aliphatic carbocycles. The second kappa shape index (κ2) is 6.36. The zero-order valence-electron chi connectivity index (χ0n) is 12.3. The summed E-state index contributed by atoms with van der Waals surface area (Å²) >= 11 is 0. The minimum absolute atomic E-state index is 0.166. The summed E-state index contributed by atoms with van der Waals surface area (Å²) in [5.41, 5.74) is 2.51. The van der Waals surface area contributed by atoms with E-state index < -0.39 is 10.0 Å². The SMILES string of the molecule is O=S(=O)(NCCC1CNc2ccccc21)C1CCCCC1. The third kappa shape index (κ3) is 3.40. The lowest BCUT2D eigenvalue weighted by Crippen LogP contribution is -2.36. The minimum Gasteiger partial charge on any atom is -0.384 e. The van der Waals surface area contributed by atoms with Crippen LogP contribution in [0.3, 0.4) is 0 Å². The van der Waals surface area contributed by atoms with Gasteiger partial charge in [-0.1, -0.05) is 37.5 Å². The van der Waals surface area contributed by atoms with Crippen molar-refractivity contribution < 1.29 is 8.42 Å². The second-order valence-electron chi connectivity index (χ2n) is 6.15. The molecule has 0 radical (unpaired) electrons. The number of hydrogen-bond acceptors (Lipinski definition) is 3. The van der Waals surface area contributed by atoms with Gasteiger partial charge in [0.2, 0.25) is 10.0 Å². The Morgan fingerprint density at radius 2 is 1.90 bits per heavy atom. The molecule has 1 aromatic rings. The van der Waals surface area contributed by atoms with Gasteiger partial charge in [-0.25, -0.2) is 13.1 Å². The molecular formula is C16H24N2O2S. The molecule has 1 unspecified atom stereocenters. The van der Waals surface area contributed by atoms with Crippen LogP contribution in [0.4, 0.5) is 5.69 Å². The van der Waals surface area contributed by atoms with Crippen LogP contribution in [-0.2, 0) is 10.0 Å². The number of fused-ring (bicyclic) bond motifs is 1. The van der Waals surface area contributed by atoms with Gasteiger partial charge in [-0.3, -0.25) is 0 Å². The van der Waals surface area contributed by atoms with Gasteiger partial charge in [0, 0.05) is 24.7 Å². The molecule has 0 bridgehead atoms. The lowest BCUT2D eigenvalue weighted by atomic mass is 9.98. The highest BCUT2D eigenvalue weighted by molar-refractivity contribution is 7.90. The van der Waals surface area contributed by atoms with Gasteiger partial charge in [0.25, 0.3) is 0 Å². The molecule has 0 saturated heterocycles. The van der Waals surface area contributed by atoms with Crippen molar-refractivity contribution in [3.05, 3.63) is 29.8 Å². The van der Waals surface area contributed by atoms with Crippen molar-refractivity contribution in [1.82, 2.24) is 4.72 Å². The van der Waals surface area contributed by atoms with Gasteiger partial charge in [0.15, 0.2) is 0 Å². The zero-order chi connectivity index (χ0) is 14.7. The Labute approximate surface area is 127 Å². The second-order valence-corrected chi connectivity index (χ2v) is 8.20. The van der Waals surface area contributed by atoms with Crippen LogP contribution in [0, 0.1) is 0 Å². The van der Waals surface area contributed by atoms with E-state index in [1.54, 1.807) is 0 Å². The van der Waals surface area contributed by atoms with Crippen molar-refractivity contribution in [3.8, 4) is 0 Å². The van der Waals surface area contributed by atoms with E-state index >= 15 is 0 Å². The Kier molecular flexibility index (Phi) is 4.50. The van der Waals surface area contributed by atoms with Crippen LogP contribution in [0.5, 0.6) is 0 Å². The molecular weight excluding hydrogens is 284 g/mol. The molecule has 4 nitrogen and oxygen atoms in total. The third-order valence-corrected chi connectivity index (χ3v) is 6.68. The molecule has 5 heteroatoms. The smallest absolute Gasteiger partial charge is 0.214 e. The van der Waals surface area contributed by atoms with E-state index in [1.807, 2.05) is 12.1 Å². The van der Waals surface area contributed by atoms with Gasteiger partial charge in [-0.2, -0.15) is 0 Å². The number of para-hydroxylation sites is 1. The fourth-order valence-corrected chi connectivity index (χ4v) is 5.08. The van der Waals surface area contributed by atoms with E-state index in [0.717, 1.165) is 38.6 Å². The van der Waals surface area contributed by atoms with E-state index in [2.05, 4.69) is 22.2 Å². The van der Waals surface area contributed by atoms with Crippen molar-refractivity contribution in [2.75, 3.05) is 18.4 Å². The van der Waals surface area contributed by atoms with E-state index in [0.29, 0.717) is 12.5 Å². The Morgan fingerprint density at radius 3 is 2.71 bits per heavy atom. The molecule has 2 N–H and O–H groups in total. The molecule has 1 heterocycles. The topological polar surface area (TPSA) is 58.2 Å². The monoisotopic (exact) mass is 308 g/mol. The van der Waals surface area contributed by atoms with Crippen molar-refractivity contribution >= 4 is 15.7 Å². The van der Waals surface area contributed by atoms with Crippen LogP contribution in [0.15, 0.2) is 24.3 Å². The molecule has 0 spiro atoms. The summed E-state index contributed by atoms with van der Waals surface area (Å²) in [7, 11) is -3.12. The van der Waals surface area contributed by atoms with E-state index in [9.17, 15) is 8.42 Å². The quantitative estimate of drug-likeness (QED) is 0.879. The van der Waals surface area contributed by atoms with Gasteiger partial charge < -0.3 is 5.32 Å². The average molecular weight is 308 g/mol. The van der Waals surface area contributed by atoms with Crippen molar-refractivity contribution in [1.29, 1.82) is 0 Å². The van der Waals surface area contributed by atoms with E-state index in [-0.39, 0.29) is 5.25 Å². The van der Waals surface area contributed by atoms with Crippen molar-refractivity contribution in [2.24, 2.45) is 0 Å². The molecule has 2 aliphatic rings. The molecule has 1 aromatic carbocycles. The van der Waals surface area contributed by atoms with Crippen molar-refractivity contribution in [3.63, 3.8) is 0 Å². The van der Waals surface area contributed by atoms with Gasteiger partial charge in [-0.05, 0) is 30.9 Å². The summed E-state index contributed by atoms with van der Waals surface area (Å²) in [6, 6.07) is 8.29. The molecule has 1 aliphatic heterocycles. The third-order valence-electron chi connectivity index (χ3n) is 4.73. The first-order valence-corrected chi connectivity index (χ1v) is 9.53. The van der Waals surface area contributed by atoms with Crippen LogP contribution in [-0.4, -0.2) is 26.8 Å². The number of benzene rings is 1. The van der Waals surface area contributed by atoms with Gasteiger partial charge in [0.1, 0.15) is 0 Å². The predicted molar refractivity (Wildman–Crippen MR) is 86.1 cm³/mol. The molecule has 0 aromatic heterocycles. The molecule has 3 rings (SSSR count). The van der Waals surface area contributed by atoms with Gasteiger partial charge >= 0.3 is 0 Å². The summed E-state index contributed by atoms with van der Waals surface area (Å²) in [5.74, 6) is 0.412. The molecule has 1 saturated carbocycles. The maximum atomic E-state index is 12.3. The molecule has 1 atom stereocenters. The highest BCUT2D eigenvalue weighted by atomic mass is 32.2. The average Bonchev–Trinajstić information content (AvgIpc) is 2.92. The van der Waals surface area contributed by atoms with Crippen LogP contribution in [0.2, 0.25) is 0 Å². The van der Waals surface area contributed by atoms with Crippen LogP contribution in [0.1, 0.15) is 50.0 Å². The number of sulfonamides is 1. The maximum Gasteiger partial charge on any atom is 0.214 e. The van der Waals surface area contributed by atoms with Crippen molar-refractivity contribution in [2.45, 2.75) is 49.7 Å². The first-order valence-electron chi connectivity index (χ1n) is 7.98. The number of hydrogen-bond donors (Lipinski definition) is 2. The summed E-state index contributed by atoms with van der Waals surface area (Å²) in [6.45, 7) is 1.45. The Hall–Kier alpha value is -1.07. The first kappa shape index (κ1) is 14.9. The molecule has 21 heavy (non-hydrogen) atoms. The minimum atomic E-state index is -3.12. The summed E-state index contributed by atoms with van der Waals surface area (Å²) in [5, 5.41) is 3.22. The normalized spacial score (nSPS) is 22.8. The fourth-order valence-electron chi connectivity index (χ4n) is 3.48. The first-order chi connectivity index (χ1) is 10.2. The standard InChI is InChI=1S/C16H24N2O2S/c19-21(20,14-6-2-1-3-7-14)18-11-10-13-12-17-16-9-5-4-8-15(13)16/h4-5,8-9,13-14,17-18H,1-3,6-7,10-12H2. The molecule has 0 amide bonds. The molecule has 116 valence electrons.